The first-order chi connectivity index (χ1) is 8.55. The van der Waals surface area contributed by atoms with Crippen LogP contribution in [0.5, 0.6) is 0 Å². The van der Waals surface area contributed by atoms with E-state index in [4.69, 9.17) is 0 Å². The second kappa shape index (κ2) is 5.10. The first-order valence-electron chi connectivity index (χ1n) is 4.47. The zero-order valence-electron chi connectivity index (χ0n) is 8.76. The first-order valence-corrected chi connectivity index (χ1v) is 4.88. The number of aliphatic imine (C=N–C) groups is 1. The third-order valence-corrected chi connectivity index (χ3v) is 2.07. The molecular weight excluding hydrogens is 296 g/mol. The van der Waals surface area contributed by atoms with Gasteiger partial charge in [-0.2, -0.15) is 31.3 Å². The summed E-state index contributed by atoms with van der Waals surface area (Å²) >= 11 is 4.06. The second-order valence-corrected chi connectivity index (χ2v) is 3.49. The molecule has 0 heterocycles. The molecule has 0 radical (unpaired) electrons. The van der Waals surface area contributed by atoms with E-state index in [9.17, 15) is 31.1 Å². The predicted octanol–water partition coefficient (Wildman–Crippen LogP) is 3.97. The number of rotatable bonds is 1. The Kier molecular flexibility index (Phi) is 4.12. The molecule has 1 aromatic carbocycles. The minimum atomic E-state index is -5.02. The third kappa shape index (κ3) is 3.87. The summed E-state index contributed by atoms with van der Waals surface area (Å²) in [4.78, 5) is 14.0. The quantitative estimate of drug-likeness (QED) is 0.446. The van der Waals surface area contributed by atoms with Crippen molar-refractivity contribution in [3.05, 3.63) is 34.9 Å². The van der Waals surface area contributed by atoms with Crippen molar-refractivity contribution in [3.63, 3.8) is 0 Å². The molecule has 102 valence electrons. The molecule has 9 heteroatoms. The van der Waals surface area contributed by atoms with Crippen LogP contribution in [0.15, 0.2) is 23.2 Å². The molecule has 0 aromatic heterocycles. The number of hydrogen-bond acceptors (Lipinski definition) is 2. The number of hydrogen-bond donors (Lipinski definition) is 0. The van der Waals surface area contributed by atoms with E-state index in [-0.39, 0.29) is 18.2 Å². The summed E-state index contributed by atoms with van der Waals surface area (Å²) in [5.74, 6) is -1.33. The maximum atomic E-state index is 12.4. The highest BCUT2D eigenvalue weighted by molar-refractivity contribution is 7.78. The van der Waals surface area contributed by atoms with Crippen LogP contribution in [0.4, 0.5) is 26.3 Å². The largest absolute Gasteiger partial charge is 0.416 e. The Morgan fingerprint density at radius 1 is 1.00 bits per heavy atom. The van der Waals surface area contributed by atoms with Crippen LogP contribution in [0.3, 0.4) is 0 Å². The van der Waals surface area contributed by atoms with Crippen molar-refractivity contribution in [3.8, 4) is 0 Å². The van der Waals surface area contributed by atoms with E-state index in [1.807, 2.05) is 0 Å². The van der Waals surface area contributed by atoms with E-state index in [1.165, 1.54) is 0 Å². The van der Waals surface area contributed by atoms with Crippen molar-refractivity contribution < 1.29 is 31.1 Å². The zero-order valence-corrected chi connectivity index (χ0v) is 9.58. The van der Waals surface area contributed by atoms with Crippen molar-refractivity contribution in [2.45, 2.75) is 12.4 Å². The minimum Gasteiger partial charge on any atom is -0.266 e. The molecule has 0 spiro atoms. The molecule has 1 amide bonds. The Labute approximate surface area is 107 Å². The standard InChI is InChI=1S/C10H3F6NOS/c11-9(12,13)6-1-5(8(18)17-4-19)2-7(3-6)10(14,15)16/h1-3H. The Balaban J connectivity index is 3.49. The number of amides is 1. The number of halogens is 6. The number of nitrogens with zero attached hydrogens (tertiary/aromatic N) is 1. The van der Waals surface area contributed by atoms with Gasteiger partial charge in [0.1, 0.15) is 0 Å². The Bertz CT molecular complexity index is 524. The van der Waals surface area contributed by atoms with E-state index in [1.54, 1.807) is 5.16 Å². The van der Waals surface area contributed by atoms with Crippen molar-refractivity contribution >= 4 is 23.3 Å². The molecule has 1 aromatic rings. The minimum absolute atomic E-state index is 0.0854. The van der Waals surface area contributed by atoms with Crippen LogP contribution in [0, 0.1) is 0 Å². The van der Waals surface area contributed by atoms with Crippen LogP contribution in [-0.2, 0) is 12.4 Å². The molecule has 0 fully saturated rings. The van der Waals surface area contributed by atoms with E-state index in [0.29, 0.717) is 0 Å². The summed E-state index contributed by atoms with van der Waals surface area (Å²) in [6.07, 6.45) is -10.0. The normalized spacial score (nSPS) is 11.9. The summed E-state index contributed by atoms with van der Waals surface area (Å²) in [5.41, 5.74) is -4.05. The fourth-order valence-electron chi connectivity index (χ4n) is 1.18. The average molecular weight is 299 g/mol. The van der Waals surface area contributed by atoms with Gasteiger partial charge in [-0.25, -0.2) is 0 Å². The van der Waals surface area contributed by atoms with Gasteiger partial charge < -0.3 is 0 Å². The van der Waals surface area contributed by atoms with Gasteiger partial charge in [0.05, 0.1) is 16.3 Å². The molecule has 0 N–H and O–H groups in total. The zero-order chi connectivity index (χ0) is 14.8. The molecule has 0 aliphatic carbocycles. The molecule has 1 rings (SSSR count). The molecule has 0 atom stereocenters. The molecule has 0 saturated heterocycles. The lowest BCUT2D eigenvalue weighted by atomic mass is 10.0. The van der Waals surface area contributed by atoms with Crippen molar-refractivity contribution in [2.24, 2.45) is 4.99 Å². The highest BCUT2D eigenvalue weighted by Crippen LogP contribution is 2.36. The lowest BCUT2D eigenvalue weighted by Crippen LogP contribution is -2.13. The summed E-state index contributed by atoms with van der Waals surface area (Å²) < 4.78 is 74.6. The fourth-order valence-corrected chi connectivity index (χ4v) is 1.27. The van der Waals surface area contributed by atoms with Gasteiger partial charge >= 0.3 is 12.4 Å². The number of benzene rings is 1. The van der Waals surface area contributed by atoms with Crippen LogP contribution in [0.1, 0.15) is 21.5 Å². The molecule has 19 heavy (non-hydrogen) atoms. The van der Waals surface area contributed by atoms with E-state index < -0.39 is 35.0 Å². The Hall–Kier alpha value is -1.73. The summed E-state index contributed by atoms with van der Waals surface area (Å²) in [7, 11) is 0. The van der Waals surface area contributed by atoms with Crippen molar-refractivity contribution in [1.82, 2.24) is 0 Å². The van der Waals surface area contributed by atoms with Gasteiger partial charge in [0.25, 0.3) is 5.91 Å². The van der Waals surface area contributed by atoms with Gasteiger partial charge in [0.15, 0.2) is 0 Å². The molecule has 0 unspecified atom stereocenters. The van der Waals surface area contributed by atoms with Crippen LogP contribution >= 0.6 is 12.2 Å². The number of carbonyl (C=O) groups excluding carboxylic acids is 1. The number of isothiocyanates is 1. The van der Waals surface area contributed by atoms with Gasteiger partial charge in [0.2, 0.25) is 0 Å². The Morgan fingerprint density at radius 2 is 1.42 bits per heavy atom. The van der Waals surface area contributed by atoms with Crippen LogP contribution < -0.4 is 0 Å². The summed E-state index contributed by atoms with van der Waals surface area (Å²) in [5, 5.41) is 1.58. The molecule has 2 nitrogen and oxygen atoms in total. The highest BCUT2D eigenvalue weighted by Gasteiger charge is 2.37. The average Bonchev–Trinajstić information content (AvgIpc) is 2.26. The topological polar surface area (TPSA) is 29.4 Å². The lowest BCUT2D eigenvalue weighted by molar-refractivity contribution is -0.143. The molecule has 0 aliphatic heterocycles. The molecule has 0 saturated carbocycles. The number of thiocarbonyl (C=S) groups is 1. The van der Waals surface area contributed by atoms with Gasteiger partial charge in [-0.3, -0.25) is 4.79 Å². The van der Waals surface area contributed by atoms with Crippen molar-refractivity contribution in [1.29, 1.82) is 0 Å². The Morgan fingerprint density at radius 3 is 1.74 bits per heavy atom. The van der Waals surface area contributed by atoms with Gasteiger partial charge in [-0.15, -0.1) is 0 Å². The maximum absolute atomic E-state index is 12.4. The third-order valence-electron chi connectivity index (χ3n) is 1.98. The SMILES string of the molecule is O=C(N=C=S)c1cc(C(F)(F)F)cc(C(F)(F)F)c1. The lowest BCUT2D eigenvalue weighted by Gasteiger charge is -2.12. The smallest absolute Gasteiger partial charge is 0.266 e. The molecule has 0 aliphatic rings. The second-order valence-electron chi connectivity index (χ2n) is 3.30. The maximum Gasteiger partial charge on any atom is 0.416 e. The van der Waals surface area contributed by atoms with Gasteiger partial charge in [0, 0.05) is 5.56 Å². The highest BCUT2D eigenvalue weighted by atomic mass is 32.1. The van der Waals surface area contributed by atoms with Crippen molar-refractivity contribution in [2.75, 3.05) is 0 Å². The predicted molar refractivity (Wildman–Crippen MR) is 55.8 cm³/mol. The summed E-state index contributed by atoms with van der Waals surface area (Å²) in [6, 6.07) is 0.458. The molecular formula is C10H3F6NOS. The first kappa shape index (κ1) is 15.3. The van der Waals surface area contributed by atoms with Gasteiger partial charge in [-0.05, 0) is 30.4 Å². The van der Waals surface area contributed by atoms with E-state index in [0.717, 1.165) is 0 Å². The number of alkyl halides is 6. The van der Waals surface area contributed by atoms with Crippen LogP contribution in [0.2, 0.25) is 0 Å². The summed E-state index contributed by atoms with van der Waals surface area (Å²) in [6.45, 7) is 0. The fraction of sp³-hybridized carbons (Fsp3) is 0.200. The molecule has 0 bridgehead atoms. The monoisotopic (exact) mass is 299 g/mol. The van der Waals surface area contributed by atoms with E-state index >= 15 is 0 Å². The van der Waals surface area contributed by atoms with Crippen LogP contribution in [-0.4, -0.2) is 11.1 Å². The number of carbonyl (C=O) groups is 1. The van der Waals surface area contributed by atoms with Crippen LogP contribution in [0.25, 0.3) is 0 Å². The van der Waals surface area contributed by atoms with E-state index in [2.05, 4.69) is 17.2 Å². The van der Waals surface area contributed by atoms with Gasteiger partial charge in [-0.1, -0.05) is 0 Å².